The third-order valence-corrected chi connectivity index (χ3v) is 17.2. The molecule has 0 bridgehead atoms. The second-order valence-corrected chi connectivity index (χ2v) is 20.6. The standard InChI is InChI=1S/C75H51N/c1-4-22-52(23-5-1)73(67-34-16-10-28-61(67)62-29-11-17-35-68(62)73)55-40-46-58(47-41-55)76(59-48-42-56(43-49-59)74(53-24-6-2-7-25-53)69-36-18-12-30-63(69)64-31-13-19-37-70(64)74)60-50-44-57(45-51-60)75(54-26-8-3-9-27-54)71-38-20-14-32-65(71)66-33-15-21-39-72(66)75/h1-51H. The third kappa shape index (κ3) is 6.09. The molecule has 0 amide bonds. The van der Waals surface area contributed by atoms with E-state index in [2.05, 4.69) is 314 Å². The number of rotatable bonds is 9. The van der Waals surface area contributed by atoms with Crippen LogP contribution in [0.1, 0.15) is 66.8 Å². The van der Waals surface area contributed by atoms with Crippen LogP contribution in [0.4, 0.5) is 17.1 Å². The average molecular weight is 966 g/mol. The molecule has 0 atom stereocenters. The van der Waals surface area contributed by atoms with Crippen LogP contribution in [0, 0.1) is 0 Å². The molecule has 3 aliphatic rings. The molecule has 12 aromatic rings. The van der Waals surface area contributed by atoms with Crippen LogP contribution in [0.25, 0.3) is 33.4 Å². The van der Waals surface area contributed by atoms with Gasteiger partial charge in [-0.25, -0.2) is 0 Å². The summed E-state index contributed by atoms with van der Waals surface area (Å²) in [6.45, 7) is 0. The third-order valence-electron chi connectivity index (χ3n) is 17.2. The normalized spacial score (nSPS) is 14.4. The highest BCUT2D eigenvalue weighted by Gasteiger charge is 2.49. The quantitative estimate of drug-likeness (QED) is 0.139. The maximum Gasteiger partial charge on any atom is 0.0713 e. The highest BCUT2D eigenvalue weighted by Crippen LogP contribution is 2.59. The van der Waals surface area contributed by atoms with E-state index in [1.165, 1.54) is 100 Å². The lowest BCUT2D eigenvalue weighted by molar-refractivity contribution is 0.767. The molecule has 15 rings (SSSR count). The summed E-state index contributed by atoms with van der Waals surface area (Å²) in [6.07, 6.45) is 0. The van der Waals surface area contributed by atoms with Gasteiger partial charge in [-0.15, -0.1) is 0 Å². The predicted octanol–water partition coefficient (Wildman–Crippen LogP) is 18.2. The minimum absolute atomic E-state index is 0.500. The van der Waals surface area contributed by atoms with E-state index in [9.17, 15) is 0 Å². The summed E-state index contributed by atoms with van der Waals surface area (Å²) >= 11 is 0. The minimum atomic E-state index is -0.500. The zero-order valence-corrected chi connectivity index (χ0v) is 41.9. The fourth-order valence-electron chi connectivity index (χ4n) is 14.2. The first-order chi connectivity index (χ1) is 37.7. The number of nitrogens with zero attached hydrogens (tertiary/aromatic N) is 1. The molecule has 1 heteroatoms. The van der Waals surface area contributed by atoms with Gasteiger partial charge < -0.3 is 4.90 Å². The smallest absolute Gasteiger partial charge is 0.0713 e. The molecule has 0 spiro atoms. The number of hydrogen-bond donors (Lipinski definition) is 0. The Labute approximate surface area is 445 Å². The predicted molar refractivity (Wildman–Crippen MR) is 313 cm³/mol. The number of fused-ring (bicyclic) bond motifs is 9. The van der Waals surface area contributed by atoms with Gasteiger partial charge in [0.2, 0.25) is 0 Å². The van der Waals surface area contributed by atoms with Crippen LogP contribution in [-0.2, 0) is 16.2 Å². The van der Waals surface area contributed by atoms with Crippen molar-refractivity contribution in [2.24, 2.45) is 0 Å². The molecule has 0 saturated carbocycles. The lowest BCUT2D eigenvalue weighted by Crippen LogP contribution is -2.29. The molecule has 1 nitrogen and oxygen atoms in total. The van der Waals surface area contributed by atoms with E-state index in [-0.39, 0.29) is 0 Å². The van der Waals surface area contributed by atoms with E-state index in [1.807, 2.05) is 0 Å². The molecule has 0 saturated heterocycles. The zero-order valence-electron chi connectivity index (χ0n) is 41.9. The second-order valence-electron chi connectivity index (χ2n) is 20.6. The van der Waals surface area contributed by atoms with Crippen molar-refractivity contribution in [2.75, 3.05) is 4.90 Å². The van der Waals surface area contributed by atoms with E-state index in [0.29, 0.717) is 0 Å². The Kier molecular flexibility index (Phi) is 9.99. The molecule has 0 heterocycles. The van der Waals surface area contributed by atoms with E-state index in [0.717, 1.165) is 17.1 Å². The maximum atomic E-state index is 2.44. The first kappa shape index (κ1) is 44.0. The van der Waals surface area contributed by atoms with E-state index in [1.54, 1.807) is 0 Å². The Morgan fingerprint density at radius 3 is 0.539 bits per heavy atom. The summed E-state index contributed by atoms with van der Waals surface area (Å²) in [4.78, 5) is 2.44. The first-order valence-corrected chi connectivity index (χ1v) is 26.6. The Hall–Kier alpha value is -9.56. The van der Waals surface area contributed by atoms with Crippen molar-refractivity contribution >= 4 is 17.1 Å². The van der Waals surface area contributed by atoms with Crippen molar-refractivity contribution in [1.29, 1.82) is 0 Å². The van der Waals surface area contributed by atoms with Gasteiger partial charge in [0.1, 0.15) is 0 Å². The lowest BCUT2D eigenvalue weighted by Gasteiger charge is -2.35. The van der Waals surface area contributed by atoms with Crippen LogP contribution in [0.2, 0.25) is 0 Å². The maximum absolute atomic E-state index is 2.44. The van der Waals surface area contributed by atoms with Gasteiger partial charge in [-0.1, -0.05) is 273 Å². The Bertz CT molecular complexity index is 3570. The summed E-state index contributed by atoms with van der Waals surface area (Å²) in [5.74, 6) is 0. The number of anilines is 3. The molecule has 0 fully saturated rings. The number of hydrogen-bond acceptors (Lipinski definition) is 1. The van der Waals surface area contributed by atoms with Crippen molar-refractivity contribution in [3.63, 3.8) is 0 Å². The van der Waals surface area contributed by atoms with Crippen molar-refractivity contribution in [1.82, 2.24) is 0 Å². The van der Waals surface area contributed by atoms with Crippen molar-refractivity contribution in [3.05, 3.63) is 376 Å². The Morgan fingerprint density at radius 2 is 0.329 bits per heavy atom. The van der Waals surface area contributed by atoms with Gasteiger partial charge >= 0.3 is 0 Å². The molecule has 0 aromatic heterocycles. The number of benzene rings is 12. The average Bonchev–Trinajstić information content (AvgIpc) is 4.26. The highest BCUT2D eigenvalue weighted by molar-refractivity contribution is 5.90. The topological polar surface area (TPSA) is 3.24 Å². The zero-order chi connectivity index (χ0) is 50.3. The van der Waals surface area contributed by atoms with Crippen molar-refractivity contribution < 1.29 is 0 Å². The van der Waals surface area contributed by atoms with Gasteiger partial charge in [-0.3, -0.25) is 0 Å². The SMILES string of the molecule is c1ccc(C2(c3ccc(N(c4ccc(C5(c6ccccc6)c6ccccc6-c6ccccc65)cc4)c4ccc(C5(c6ccccc6)c6ccccc6-c6ccccc65)cc4)cc3)c3ccccc3-c3ccccc32)cc1. The summed E-state index contributed by atoms with van der Waals surface area (Å²) < 4.78 is 0. The Morgan fingerprint density at radius 1 is 0.158 bits per heavy atom. The molecule has 3 aliphatic carbocycles. The van der Waals surface area contributed by atoms with Crippen molar-refractivity contribution in [3.8, 4) is 33.4 Å². The van der Waals surface area contributed by atoms with Gasteiger partial charge in [-0.05, 0) is 137 Å². The van der Waals surface area contributed by atoms with Gasteiger partial charge in [0.05, 0.1) is 16.2 Å². The van der Waals surface area contributed by atoms with E-state index in [4.69, 9.17) is 0 Å². The van der Waals surface area contributed by atoms with Crippen LogP contribution in [-0.4, -0.2) is 0 Å². The van der Waals surface area contributed by atoms with Gasteiger partial charge in [0, 0.05) is 17.1 Å². The van der Waals surface area contributed by atoms with Crippen LogP contribution < -0.4 is 4.90 Å². The molecule has 0 unspecified atom stereocenters. The Balaban J connectivity index is 0.923. The van der Waals surface area contributed by atoms with Crippen LogP contribution in [0.5, 0.6) is 0 Å². The monoisotopic (exact) mass is 965 g/mol. The largest absolute Gasteiger partial charge is 0.311 e. The highest BCUT2D eigenvalue weighted by atomic mass is 15.1. The fraction of sp³-hybridized carbons (Fsp3) is 0.0400. The molecule has 0 N–H and O–H groups in total. The van der Waals surface area contributed by atoms with Crippen molar-refractivity contribution in [2.45, 2.75) is 16.2 Å². The minimum Gasteiger partial charge on any atom is -0.311 e. The molecule has 0 aliphatic heterocycles. The second kappa shape index (κ2) is 17.3. The molecule has 356 valence electrons. The molecule has 0 radical (unpaired) electrons. The van der Waals surface area contributed by atoms with Crippen LogP contribution in [0.3, 0.4) is 0 Å². The lowest BCUT2D eigenvalue weighted by atomic mass is 9.67. The summed E-state index contributed by atoms with van der Waals surface area (Å²) in [5, 5.41) is 0. The van der Waals surface area contributed by atoms with Crippen LogP contribution in [0.15, 0.2) is 309 Å². The van der Waals surface area contributed by atoms with Gasteiger partial charge in [0.15, 0.2) is 0 Å². The van der Waals surface area contributed by atoms with Crippen LogP contribution >= 0.6 is 0 Å². The molecular formula is C75H51N. The summed E-state index contributed by atoms with van der Waals surface area (Å²) in [5.41, 5.74) is 24.8. The molecule has 76 heavy (non-hydrogen) atoms. The molecule has 12 aromatic carbocycles. The molecular weight excluding hydrogens is 915 g/mol. The van der Waals surface area contributed by atoms with Gasteiger partial charge in [0.25, 0.3) is 0 Å². The fourth-order valence-corrected chi connectivity index (χ4v) is 14.2. The van der Waals surface area contributed by atoms with E-state index >= 15 is 0 Å². The van der Waals surface area contributed by atoms with Gasteiger partial charge in [-0.2, -0.15) is 0 Å². The summed E-state index contributed by atoms with van der Waals surface area (Å²) in [7, 11) is 0. The first-order valence-electron chi connectivity index (χ1n) is 26.6. The van der Waals surface area contributed by atoms with E-state index < -0.39 is 16.2 Å². The summed E-state index contributed by atoms with van der Waals surface area (Å²) in [6, 6.07) is 116.